The quantitative estimate of drug-likeness (QED) is 0.913. The van der Waals surface area contributed by atoms with E-state index in [1.165, 1.54) is 0 Å². The minimum atomic E-state index is -0.00778. The van der Waals surface area contributed by atoms with Crippen LogP contribution in [0.3, 0.4) is 0 Å². The van der Waals surface area contributed by atoms with E-state index in [1.807, 2.05) is 35.7 Å². The van der Waals surface area contributed by atoms with Crippen LogP contribution < -0.4 is 10.1 Å². The van der Waals surface area contributed by atoms with Crippen LogP contribution in [0.4, 0.5) is 4.79 Å². The number of aromatic nitrogens is 1. The lowest BCUT2D eigenvalue weighted by Gasteiger charge is -2.26. The second kappa shape index (κ2) is 7.23. The van der Waals surface area contributed by atoms with Crippen LogP contribution in [0, 0.1) is 0 Å². The van der Waals surface area contributed by atoms with Gasteiger partial charge in [-0.05, 0) is 13.0 Å². The number of rotatable bonds is 4. The third-order valence-electron chi connectivity index (χ3n) is 2.86. The van der Waals surface area contributed by atoms with E-state index < -0.39 is 0 Å². The molecule has 0 spiro atoms. The number of hydrogen-bond donors (Lipinski definition) is 1. The molecule has 1 saturated heterocycles. The molecule has 1 N–H and O–H groups in total. The van der Waals surface area contributed by atoms with Gasteiger partial charge in [-0.3, -0.25) is 0 Å². The summed E-state index contributed by atoms with van der Waals surface area (Å²) in [6.07, 6.45) is 1.69. The summed E-state index contributed by atoms with van der Waals surface area (Å²) in [6.45, 7) is 4.58. The Bertz CT molecular complexity index is 422. The summed E-state index contributed by atoms with van der Waals surface area (Å²) < 4.78 is 5.44. The van der Waals surface area contributed by atoms with Crippen molar-refractivity contribution in [2.24, 2.45) is 0 Å². The zero-order valence-electron chi connectivity index (χ0n) is 11.1. The van der Waals surface area contributed by atoms with Gasteiger partial charge in [0, 0.05) is 42.9 Å². The molecule has 0 aliphatic carbocycles. The Hall–Kier alpha value is -1.43. The van der Waals surface area contributed by atoms with Crippen molar-refractivity contribution < 1.29 is 9.53 Å². The number of thioether (sulfide) groups is 1. The largest absolute Gasteiger partial charge is 0.478 e. The molecule has 0 radical (unpaired) electrons. The number of nitrogens with zero attached hydrogens (tertiary/aromatic N) is 2. The molecule has 1 fully saturated rings. The first-order valence-electron chi connectivity index (χ1n) is 6.48. The summed E-state index contributed by atoms with van der Waals surface area (Å²) in [5.74, 6) is 2.63. The lowest BCUT2D eigenvalue weighted by atomic mass is 10.2. The number of hydrogen-bond acceptors (Lipinski definition) is 4. The number of carbonyl (C=O) groups is 1. The summed E-state index contributed by atoms with van der Waals surface area (Å²) >= 11 is 1.89. The highest BCUT2D eigenvalue weighted by Gasteiger charge is 2.16. The molecule has 6 heteroatoms. The van der Waals surface area contributed by atoms with Gasteiger partial charge in [0.1, 0.15) is 0 Å². The second-order valence-corrected chi connectivity index (χ2v) is 5.38. The van der Waals surface area contributed by atoms with E-state index >= 15 is 0 Å². The highest BCUT2D eigenvalue weighted by Crippen LogP contribution is 2.14. The monoisotopic (exact) mass is 281 g/mol. The minimum absolute atomic E-state index is 0.00778. The summed E-state index contributed by atoms with van der Waals surface area (Å²) in [6, 6.07) is 3.76. The third kappa shape index (κ3) is 4.02. The van der Waals surface area contributed by atoms with Crippen molar-refractivity contribution in [3.8, 4) is 5.88 Å². The number of urea groups is 1. The van der Waals surface area contributed by atoms with Crippen LogP contribution in [0.5, 0.6) is 5.88 Å². The molecule has 0 aromatic carbocycles. The first-order valence-corrected chi connectivity index (χ1v) is 7.64. The maximum atomic E-state index is 12.0. The van der Waals surface area contributed by atoms with Gasteiger partial charge in [0.25, 0.3) is 0 Å². The van der Waals surface area contributed by atoms with Crippen LogP contribution in [0.15, 0.2) is 18.3 Å². The highest BCUT2D eigenvalue weighted by molar-refractivity contribution is 7.99. The fourth-order valence-electron chi connectivity index (χ4n) is 1.87. The highest BCUT2D eigenvalue weighted by atomic mass is 32.2. The van der Waals surface area contributed by atoms with Gasteiger partial charge in [-0.15, -0.1) is 0 Å². The first kappa shape index (κ1) is 14.0. The summed E-state index contributed by atoms with van der Waals surface area (Å²) in [5.41, 5.74) is 0.907. The third-order valence-corrected chi connectivity index (χ3v) is 3.80. The van der Waals surface area contributed by atoms with Crippen molar-refractivity contribution >= 4 is 17.8 Å². The molecule has 1 aliphatic heterocycles. The minimum Gasteiger partial charge on any atom is -0.478 e. The molecular weight excluding hydrogens is 262 g/mol. The average molecular weight is 281 g/mol. The summed E-state index contributed by atoms with van der Waals surface area (Å²) in [4.78, 5) is 18.0. The Balaban J connectivity index is 1.89. The number of nitrogens with one attached hydrogen (secondary N) is 1. The smallest absolute Gasteiger partial charge is 0.317 e. The average Bonchev–Trinajstić information content (AvgIpc) is 2.47. The number of ether oxygens (including phenoxy) is 1. The van der Waals surface area contributed by atoms with Gasteiger partial charge in [-0.2, -0.15) is 11.8 Å². The SMILES string of the molecule is CCOc1ncccc1CNC(=O)N1CCSCC1. The van der Waals surface area contributed by atoms with Crippen LogP contribution in [-0.4, -0.2) is 47.1 Å². The van der Waals surface area contributed by atoms with Crippen LogP contribution in [0.2, 0.25) is 0 Å². The molecule has 1 aromatic heterocycles. The molecular formula is C13H19N3O2S. The predicted molar refractivity (Wildman–Crippen MR) is 76.5 cm³/mol. The predicted octanol–water partition coefficient (Wildman–Crippen LogP) is 1.74. The molecule has 0 saturated carbocycles. The Morgan fingerprint density at radius 3 is 3.05 bits per heavy atom. The molecule has 1 aromatic rings. The van der Waals surface area contributed by atoms with Crippen LogP contribution in [-0.2, 0) is 6.54 Å². The van der Waals surface area contributed by atoms with Gasteiger partial charge >= 0.3 is 6.03 Å². The van der Waals surface area contributed by atoms with Crippen molar-refractivity contribution in [3.05, 3.63) is 23.9 Å². The van der Waals surface area contributed by atoms with Crippen molar-refractivity contribution in [2.45, 2.75) is 13.5 Å². The number of carbonyl (C=O) groups excluding carboxylic acids is 1. The first-order chi connectivity index (χ1) is 9.31. The molecule has 0 unspecified atom stereocenters. The fraction of sp³-hybridized carbons (Fsp3) is 0.538. The normalized spacial score (nSPS) is 15.1. The van der Waals surface area contributed by atoms with Crippen LogP contribution in [0.25, 0.3) is 0 Å². The molecule has 2 heterocycles. The molecule has 2 rings (SSSR count). The van der Waals surface area contributed by atoms with Crippen molar-refractivity contribution in [1.29, 1.82) is 0 Å². The standard InChI is InChI=1S/C13H19N3O2S/c1-2-18-12-11(4-3-5-14-12)10-15-13(17)16-6-8-19-9-7-16/h3-5H,2,6-10H2,1H3,(H,15,17). The molecule has 19 heavy (non-hydrogen) atoms. The topological polar surface area (TPSA) is 54.5 Å². The molecule has 2 amide bonds. The molecule has 0 bridgehead atoms. The summed E-state index contributed by atoms with van der Waals surface area (Å²) in [5, 5.41) is 2.93. The van der Waals surface area contributed by atoms with E-state index in [9.17, 15) is 4.79 Å². The lowest BCUT2D eigenvalue weighted by molar-refractivity contribution is 0.202. The Morgan fingerprint density at radius 1 is 1.53 bits per heavy atom. The van der Waals surface area contributed by atoms with Gasteiger partial charge in [-0.1, -0.05) is 6.07 Å². The molecule has 1 aliphatic rings. The molecule has 104 valence electrons. The number of pyridine rings is 1. The van der Waals surface area contributed by atoms with Crippen molar-refractivity contribution in [2.75, 3.05) is 31.2 Å². The van der Waals surface area contributed by atoms with Crippen LogP contribution >= 0.6 is 11.8 Å². The summed E-state index contributed by atoms with van der Waals surface area (Å²) in [7, 11) is 0. The molecule has 5 nitrogen and oxygen atoms in total. The van der Waals surface area contributed by atoms with Crippen molar-refractivity contribution in [1.82, 2.24) is 15.2 Å². The molecule has 0 atom stereocenters. The van der Waals surface area contributed by atoms with E-state index in [1.54, 1.807) is 6.20 Å². The van der Waals surface area contributed by atoms with Crippen LogP contribution in [0.1, 0.15) is 12.5 Å². The van der Waals surface area contributed by atoms with E-state index in [2.05, 4.69) is 10.3 Å². The Morgan fingerprint density at radius 2 is 2.32 bits per heavy atom. The maximum Gasteiger partial charge on any atom is 0.317 e. The van der Waals surface area contributed by atoms with Gasteiger partial charge in [0.15, 0.2) is 0 Å². The van der Waals surface area contributed by atoms with E-state index in [0.717, 1.165) is 30.2 Å². The second-order valence-electron chi connectivity index (χ2n) is 4.16. The number of amides is 2. The van der Waals surface area contributed by atoms with Gasteiger partial charge in [0.2, 0.25) is 5.88 Å². The maximum absolute atomic E-state index is 12.0. The van der Waals surface area contributed by atoms with Gasteiger partial charge in [0.05, 0.1) is 6.61 Å². The Labute approximate surface area is 117 Å². The van der Waals surface area contributed by atoms with E-state index in [4.69, 9.17) is 4.74 Å². The van der Waals surface area contributed by atoms with E-state index in [0.29, 0.717) is 19.0 Å². The lowest BCUT2D eigenvalue weighted by Crippen LogP contribution is -2.44. The van der Waals surface area contributed by atoms with Crippen molar-refractivity contribution in [3.63, 3.8) is 0 Å². The van der Waals surface area contributed by atoms with Gasteiger partial charge < -0.3 is 15.0 Å². The van der Waals surface area contributed by atoms with Gasteiger partial charge in [-0.25, -0.2) is 9.78 Å². The van der Waals surface area contributed by atoms with E-state index in [-0.39, 0.29) is 6.03 Å². The zero-order chi connectivity index (χ0) is 13.5. The fourth-order valence-corrected chi connectivity index (χ4v) is 2.78. The Kier molecular flexibility index (Phi) is 5.32. The zero-order valence-corrected chi connectivity index (χ0v) is 11.9.